The standard InChI is InChI=1S/C22H13ClN2O5/c23-15-10-8-13(9-11-15)19-20(26)17-6-1-2-7-18(17)30-22(19)24-21(27)14-4-3-5-16(12-14)25(28)29/h1-12H,(H,24,27). The van der Waals surface area contributed by atoms with E-state index < -0.39 is 10.8 Å². The van der Waals surface area contributed by atoms with E-state index in [1.807, 2.05) is 0 Å². The molecule has 0 saturated carbocycles. The van der Waals surface area contributed by atoms with Crippen molar-refractivity contribution in [3.05, 3.63) is 104 Å². The third-order valence-electron chi connectivity index (χ3n) is 4.48. The molecule has 0 fully saturated rings. The van der Waals surface area contributed by atoms with Crippen molar-refractivity contribution in [1.29, 1.82) is 0 Å². The fourth-order valence-corrected chi connectivity index (χ4v) is 3.17. The smallest absolute Gasteiger partial charge is 0.270 e. The molecule has 4 rings (SSSR count). The number of amides is 1. The summed E-state index contributed by atoms with van der Waals surface area (Å²) in [6.07, 6.45) is 0. The minimum absolute atomic E-state index is 0.0575. The minimum Gasteiger partial charge on any atom is -0.439 e. The zero-order valence-corrected chi connectivity index (χ0v) is 16.1. The van der Waals surface area contributed by atoms with E-state index >= 15 is 0 Å². The van der Waals surface area contributed by atoms with Gasteiger partial charge in [-0.05, 0) is 35.9 Å². The maximum atomic E-state index is 13.2. The number of nitrogens with one attached hydrogen (secondary N) is 1. The zero-order valence-electron chi connectivity index (χ0n) is 15.3. The predicted molar refractivity (Wildman–Crippen MR) is 114 cm³/mol. The topological polar surface area (TPSA) is 102 Å². The van der Waals surface area contributed by atoms with Gasteiger partial charge < -0.3 is 4.42 Å². The van der Waals surface area contributed by atoms with Crippen LogP contribution in [-0.4, -0.2) is 10.8 Å². The Morgan fingerprint density at radius 1 is 1.00 bits per heavy atom. The number of para-hydroxylation sites is 1. The highest BCUT2D eigenvalue weighted by Crippen LogP contribution is 2.30. The van der Waals surface area contributed by atoms with Crippen molar-refractivity contribution >= 4 is 40.0 Å². The molecule has 1 heterocycles. The van der Waals surface area contributed by atoms with Crippen molar-refractivity contribution in [3.63, 3.8) is 0 Å². The van der Waals surface area contributed by atoms with E-state index in [0.29, 0.717) is 21.6 Å². The molecule has 3 aromatic carbocycles. The fourth-order valence-electron chi connectivity index (χ4n) is 3.04. The number of hydrogen-bond acceptors (Lipinski definition) is 5. The van der Waals surface area contributed by atoms with Crippen molar-refractivity contribution in [2.24, 2.45) is 0 Å². The normalized spacial score (nSPS) is 10.7. The van der Waals surface area contributed by atoms with Crippen molar-refractivity contribution in [2.75, 3.05) is 5.32 Å². The number of carbonyl (C=O) groups is 1. The van der Waals surface area contributed by atoms with Crippen LogP contribution in [0.2, 0.25) is 5.02 Å². The summed E-state index contributed by atoms with van der Waals surface area (Å²) in [5.74, 6) is -0.704. The number of fused-ring (bicyclic) bond motifs is 1. The van der Waals surface area contributed by atoms with Gasteiger partial charge in [-0.2, -0.15) is 0 Å². The monoisotopic (exact) mass is 420 g/mol. The molecule has 0 aliphatic carbocycles. The van der Waals surface area contributed by atoms with E-state index in [4.69, 9.17) is 16.0 Å². The first kappa shape index (κ1) is 19.4. The molecule has 7 nitrogen and oxygen atoms in total. The van der Waals surface area contributed by atoms with E-state index in [1.165, 1.54) is 18.2 Å². The van der Waals surface area contributed by atoms with Crippen LogP contribution < -0.4 is 10.7 Å². The Morgan fingerprint density at radius 2 is 1.73 bits per heavy atom. The molecular formula is C22H13ClN2O5. The van der Waals surface area contributed by atoms with Gasteiger partial charge in [-0.3, -0.25) is 25.0 Å². The largest absolute Gasteiger partial charge is 0.439 e. The number of anilines is 1. The lowest BCUT2D eigenvalue weighted by Gasteiger charge is -2.11. The van der Waals surface area contributed by atoms with Gasteiger partial charge in [0, 0.05) is 22.7 Å². The molecule has 0 aliphatic rings. The van der Waals surface area contributed by atoms with E-state index in [-0.39, 0.29) is 28.1 Å². The number of carbonyl (C=O) groups excluding carboxylic acids is 1. The lowest BCUT2D eigenvalue weighted by atomic mass is 10.0. The molecule has 0 saturated heterocycles. The van der Waals surface area contributed by atoms with Crippen LogP contribution in [-0.2, 0) is 0 Å². The second-order valence-electron chi connectivity index (χ2n) is 6.40. The fraction of sp³-hybridized carbons (Fsp3) is 0. The van der Waals surface area contributed by atoms with Crippen LogP contribution in [0.5, 0.6) is 0 Å². The second-order valence-corrected chi connectivity index (χ2v) is 6.84. The number of hydrogen-bond donors (Lipinski definition) is 1. The van der Waals surface area contributed by atoms with Gasteiger partial charge in [0.15, 0.2) is 0 Å². The molecule has 0 atom stereocenters. The molecule has 1 aromatic heterocycles. The first-order valence-electron chi connectivity index (χ1n) is 8.81. The molecule has 148 valence electrons. The molecule has 0 bridgehead atoms. The lowest BCUT2D eigenvalue weighted by Crippen LogP contribution is -2.16. The second kappa shape index (κ2) is 7.81. The van der Waals surface area contributed by atoms with Crippen molar-refractivity contribution in [3.8, 4) is 11.1 Å². The Morgan fingerprint density at radius 3 is 2.47 bits per heavy atom. The summed E-state index contributed by atoms with van der Waals surface area (Å²) >= 11 is 5.95. The molecule has 0 unspecified atom stereocenters. The first-order chi connectivity index (χ1) is 14.4. The van der Waals surface area contributed by atoms with Gasteiger partial charge in [0.2, 0.25) is 11.3 Å². The van der Waals surface area contributed by atoms with Crippen LogP contribution in [0.4, 0.5) is 11.6 Å². The van der Waals surface area contributed by atoms with E-state index in [2.05, 4.69) is 5.32 Å². The maximum absolute atomic E-state index is 13.2. The van der Waals surface area contributed by atoms with Crippen molar-refractivity contribution < 1.29 is 14.1 Å². The first-order valence-corrected chi connectivity index (χ1v) is 9.19. The molecule has 0 aliphatic heterocycles. The minimum atomic E-state index is -0.646. The highest BCUT2D eigenvalue weighted by molar-refractivity contribution is 6.30. The predicted octanol–water partition coefficient (Wildman–Crippen LogP) is 5.27. The SMILES string of the molecule is O=C(Nc1oc2ccccc2c(=O)c1-c1ccc(Cl)cc1)c1cccc([N+](=O)[O-])c1. The molecule has 0 radical (unpaired) electrons. The molecule has 1 amide bonds. The van der Waals surface area contributed by atoms with Crippen LogP contribution in [0.3, 0.4) is 0 Å². The Labute approximate surface area is 174 Å². The van der Waals surface area contributed by atoms with Gasteiger partial charge >= 0.3 is 0 Å². The van der Waals surface area contributed by atoms with Gasteiger partial charge in [-0.1, -0.05) is 41.9 Å². The number of halogens is 1. The Bertz CT molecular complexity index is 1350. The average Bonchev–Trinajstić information content (AvgIpc) is 2.75. The van der Waals surface area contributed by atoms with Crippen LogP contribution in [0.1, 0.15) is 10.4 Å². The van der Waals surface area contributed by atoms with Crippen LogP contribution in [0.15, 0.2) is 82.0 Å². The Kier molecular flexibility index (Phi) is 5.04. The molecular weight excluding hydrogens is 408 g/mol. The average molecular weight is 421 g/mol. The van der Waals surface area contributed by atoms with Crippen LogP contribution >= 0.6 is 11.6 Å². The summed E-state index contributed by atoms with van der Waals surface area (Å²) in [5.41, 5.74) is 0.475. The zero-order chi connectivity index (χ0) is 21.3. The van der Waals surface area contributed by atoms with Gasteiger partial charge in [-0.15, -0.1) is 0 Å². The summed E-state index contributed by atoms with van der Waals surface area (Å²) in [7, 11) is 0. The Balaban J connectivity index is 1.85. The van der Waals surface area contributed by atoms with Gasteiger partial charge in [0.05, 0.1) is 15.9 Å². The van der Waals surface area contributed by atoms with E-state index in [9.17, 15) is 19.7 Å². The summed E-state index contributed by atoms with van der Waals surface area (Å²) in [6.45, 7) is 0. The highest BCUT2D eigenvalue weighted by Gasteiger charge is 2.20. The van der Waals surface area contributed by atoms with Gasteiger partial charge in [-0.25, -0.2) is 0 Å². The maximum Gasteiger partial charge on any atom is 0.270 e. The number of benzene rings is 3. The lowest BCUT2D eigenvalue weighted by molar-refractivity contribution is -0.384. The third-order valence-corrected chi connectivity index (χ3v) is 4.73. The summed E-state index contributed by atoms with van der Waals surface area (Å²) in [6, 6.07) is 18.5. The molecule has 1 N–H and O–H groups in total. The summed E-state index contributed by atoms with van der Waals surface area (Å²) < 4.78 is 5.83. The van der Waals surface area contributed by atoms with E-state index in [0.717, 1.165) is 6.07 Å². The molecule has 30 heavy (non-hydrogen) atoms. The Hall–Kier alpha value is -3.97. The van der Waals surface area contributed by atoms with Crippen LogP contribution in [0.25, 0.3) is 22.1 Å². The number of nitro groups is 1. The third kappa shape index (κ3) is 3.66. The number of non-ortho nitro benzene ring substituents is 1. The number of nitrogens with zero attached hydrogens (tertiary/aromatic N) is 1. The molecule has 8 heteroatoms. The van der Waals surface area contributed by atoms with E-state index in [1.54, 1.807) is 48.5 Å². The van der Waals surface area contributed by atoms with Gasteiger partial charge in [0.1, 0.15) is 5.58 Å². The summed E-state index contributed by atoms with van der Waals surface area (Å²) in [4.78, 5) is 36.3. The number of rotatable bonds is 4. The van der Waals surface area contributed by atoms with Crippen molar-refractivity contribution in [2.45, 2.75) is 0 Å². The highest BCUT2D eigenvalue weighted by atomic mass is 35.5. The van der Waals surface area contributed by atoms with Crippen molar-refractivity contribution in [1.82, 2.24) is 0 Å². The van der Waals surface area contributed by atoms with Gasteiger partial charge in [0.25, 0.3) is 11.6 Å². The quantitative estimate of drug-likeness (QED) is 0.357. The molecule has 0 spiro atoms. The summed E-state index contributed by atoms with van der Waals surface area (Å²) in [5, 5.41) is 14.4. The molecule has 4 aromatic rings. The number of nitro benzene ring substituents is 1. The van der Waals surface area contributed by atoms with Crippen LogP contribution in [0, 0.1) is 10.1 Å².